The van der Waals surface area contributed by atoms with Crippen molar-refractivity contribution in [2.75, 3.05) is 6.61 Å². The molecule has 0 aliphatic carbocycles. The fraction of sp³-hybridized carbons (Fsp3) is 0.261. The van der Waals surface area contributed by atoms with Gasteiger partial charge in [0.2, 0.25) is 0 Å². The second kappa shape index (κ2) is 8.52. The minimum absolute atomic E-state index is 0.316. The van der Waals surface area contributed by atoms with Gasteiger partial charge in [-0.2, -0.15) is 0 Å². The van der Waals surface area contributed by atoms with Crippen molar-refractivity contribution in [2.45, 2.75) is 33.1 Å². The van der Waals surface area contributed by atoms with Crippen molar-refractivity contribution in [2.24, 2.45) is 0 Å². The Morgan fingerprint density at radius 1 is 0.923 bits per heavy atom. The zero-order valence-corrected chi connectivity index (χ0v) is 15.3. The molecule has 0 unspecified atom stereocenters. The van der Waals surface area contributed by atoms with Crippen LogP contribution in [0.3, 0.4) is 0 Å². The first-order valence-electron chi connectivity index (χ1n) is 9.19. The first-order chi connectivity index (χ1) is 12.8. The number of ether oxygens (including phenoxy) is 1. The van der Waals surface area contributed by atoms with Crippen LogP contribution in [0, 0.1) is 0 Å². The third kappa shape index (κ3) is 3.72. The standard InChI is InChI=1S/C23H24O3/c1-3-5-16-19-21(23(24)25-4-2)20(17-12-8-6-9-13-17)22(26-19)18-14-10-7-11-15-18/h6-15H,3-5,16H2,1-2H3. The van der Waals surface area contributed by atoms with E-state index in [9.17, 15) is 4.79 Å². The van der Waals surface area contributed by atoms with E-state index in [1.54, 1.807) is 0 Å². The van der Waals surface area contributed by atoms with Gasteiger partial charge < -0.3 is 9.15 Å². The highest BCUT2D eigenvalue weighted by Gasteiger charge is 2.27. The van der Waals surface area contributed by atoms with Crippen molar-refractivity contribution < 1.29 is 13.9 Å². The zero-order valence-electron chi connectivity index (χ0n) is 15.3. The average Bonchev–Trinajstić information content (AvgIpc) is 3.07. The van der Waals surface area contributed by atoms with Crippen molar-refractivity contribution in [1.29, 1.82) is 0 Å². The van der Waals surface area contributed by atoms with Crippen molar-refractivity contribution in [3.8, 4) is 22.5 Å². The summed E-state index contributed by atoms with van der Waals surface area (Å²) in [6.07, 6.45) is 2.71. The summed E-state index contributed by atoms with van der Waals surface area (Å²) in [7, 11) is 0. The molecule has 0 radical (unpaired) electrons. The van der Waals surface area contributed by atoms with Crippen LogP contribution in [0.15, 0.2) is 65.1 Å². The molecule has 0 saturated heterocycles. The smallest absolute Gasteiger partial charge is 0.342 e. The van der Waals surface area contributed by atoms with Gasteiger partial charge in [0.15, 0.2) is 0 Å². The van der Waals surface area contributed by atoms with Crippen LogP contribution in [0.5, 0.6) is 0 Å². The van der Waals surface area contributed by atoms with Gasteiger partial charge in [-0.25, -0.2) is 4.79 Å². The number of carbonyl (C=O) groups is 1. The molecule has 0 spiro atoms. The van der Waals surface area contributed by atoms with E-state index in [1.807, 2.05) is 67.6 Å². The Morgan fingerprint density at radius 2 is 1.54 bits per heavy atom. The minimum atomic E-state index is -0.316. The Balaban J connectivity index is 2.25. The molecule has 1 aromatic heterocycles. The molecule has 2 aromatic carbocycles. The van der Waals surface area contributed by atoms with Crippen LogP contribution in [0.25, 0.3) is 22.5 Å². The first-order valence-corrected chi connectivity index (χ1v) is 9.19. The van der Waals surface area contributed by atoms with Gasteiger partial charge in [0.05, 0.1) is 6.61 Å². The fourth-order valence-electron chi connectivity index (χ4n) is 3.08. The third-order valence-corrected chi connectivity index (χ3v) is 4.32. The normalized spacial score (nSPS) is 10.7. The maximum Gasteiger partial charge on any atom is 0.342 e. The first kappa shape index (κ1) is 18.0. The number of hydrogen-bond donors (Lipinski definition) is 0. The van der Waals surface area contributed by atoms with E-state index in [0.717, 1.165) is 41.7 Å². The summed E-state index contributed by atoms with van der Waals surface area (Å²) in [4.78, 5) is 12.8. The predicted octanol–water partition coefficient (Wildman–Crippen LogP) is 6.13. The Labute approximate surface area is 154 Å². The molecular formula is C23H24O3. The number of aryl methyl sites for hydroxylation is 1. The van der Waals surface area contributed by atoms with Gasteiger partial charge in [0, 0.05) is 17.5 Å². The van der Waals surface area contributed by atoms with E-state index in [2.05, 4.69) is 6.92 Å². The Hall–Kier alpha value is -2.81. The molecule has 0 atom stereocenters. The van der Waals surface area contributed by atoms with Crippen LogP contribution in [0.2, 0.25) is 0 Å². The second-order valence-electron chi connectivity index (χ2n) is 6.16. The van der Waals surface area contributed by atoms with Crippen LogP contribution in [0.1, 0.15) is 42.8 Å². The van der Waals surface area contributed by atoms with Gasteiger partial charge in [0.1, 0.15) is 17.1 Å². The molecule has 0 bridgehead atoms. The molecule has 0 N–H and O–H groups in total. The lowest BCUT2D eigenvalue weighted by atomic mass is 9.96. The Kier molecular flexibility index (Phi) is 5.90. The van der Waals surface area contributed by atoms with Crippen molar-refractivity contribution in [1.82, 2.24) is 0 Å². The van der Waals surface area contributed by atoms with E-state index in [-0.39, 0.29) is 5.97 Å². The van der Waals surface area contributed by atoms with E-state index in [0.29, 0.717) is 17.9 Å². The lowest BCUT2D eigenvalue weighted by molar-refractivity contribution is 0.0524. The number of esters is 1. The zero-order chi connectivity index (χ0) is 18.4. The molecule has 3 rings (SSSR count). The van der Waals surface area contributed by atoms with Gasteiger partial charge >= 0.3 is 5.97 Å². The largest absolute Gasteiger partial charge is 0.462 e. The molecule has 0 fully saturated rings. The Bertz CT molecular complexity index is 848. The molecule has 0 aliphatic heterocycles. The lowest BCUT2D eigenvalue weighted by Gasteiger charge is -2.07. The summed E-state index contributed by atoms with van der Waals surface area (Å²) in [5.41, 5.74) is 3.30. The van der Waals surface area contributed by atoms with Crippen LogP contribution in [-0.2, 0) is 11.2 Å². The summed E-state index contributed by atoms with van der Waals surface area (Å²) in [5, 5.41) is 0. The van der Waals surface area contributed by atoms with Crippen LogP contribution in [0.4, 0.5) is 0 Å². The highest BCUT2D eigenvalue weighted by molar-refractivity contribution is 6.02. The number of carbonyl (C=O) groups excluding carboxylic acids is 1. The maximum atomic E-state index is 12.8. The van der Waals surface area contributed by atoms with Gasteiger partial charge in [-0.05, 0) is 18.9 Å². The highest BCUT2D eigenvalue weighted by atomic mass is 16.5. The molecule has 3 aromatic rings. The number of rotatable bonds is 7. The van der Waals surface area contributed by atoms with E-state index in [1.165, 1.54) is 0 Å². The lowest BCUT2D eigenvalue weighted by Crippen LogP contribution is -2.08. The highest BCUT2D eigenvalue weighted by Crippen LogP contribution is 2.40. The van der Waals surface area contributed by atoms with Crippen LogP contribution < -0.4 is 0 Å². The second-order valence-corrected chi connectivity index (χ2v) is 6.16. The monoisotopic (exact) mass is 348 g/mol. The van der Waals surface area contributed by atoms with Gasteiger partial charge in [-0.3, -0.25) is 0 Å². The number of hydrogen-bond acceptors (Lipinski definition) is 3. The van der Waals surface area contributed by atoms with E-state index < -0.39 is 0 Å². The molecular weight excluding hydrogens is 324 g/mol. The summed E-state index contributed by atoms with van der Waals surface area (Å²) in [6, 6.07) is 19.8. The quantitative estimate of drug-likeness (QED) is 0.482. The van der Waals surface area contributed by atoms with Gasteiger partial charge in [-0.1, -0.05) is 74.0 Å². The average molecular weight is 348 g/mol. The Morgan fingerprint density at radius 3 is 2.12 bits per heavy atom. The van der Waals surface area contributed by atoms with Crippen LogP contribution in [-0.4, -0.2) is 12.6 Å². The summed E-state index contributed by atoms with van der Waals surface area (Å²) < 4.78 is 11.6. The molecule has 0 saturated carbocycles. The summed E-state index contributed by atoms with van der Waals surface area (Å²) >= 11 is 0. The predicted molar refractivity (Wildman–Crippen MR) is 104 cm³/mol. The SMILES string of the molecule is CCCCc1oc(-c2ccccc2)c(-c2ccccc2)c1C(=O)OCC. The van der Waals surface area contributed by atoms with E-state index in [4.69, 9.17) is 9.15 Å². The summed E-state index contributed by atoms with van der Waals surface area (Å²) in [6.45, 7) is 4.29. The van der Waals surface area contributed by atoms with Crippen molar-refractivity contribution in [3.63, 3.8) is 0 Å². The summed E-state index contributed by atoms with van der Waals surface area (Å²) in [5.74, 6) is 1.12. The number of furan rings is 1. The molecule has 1 heterocycles. The molecule has 0 aliphatic rings. The molecule has 134 valence electrons. The molecule has 26 heavy (non-hydrogen) atoms. The maximum absolute atomic E-state index is 12.8. The van der Waals surface area contributed by atoms with Gasteiger partial charge in [-0.15, -0.1) is 0 Å². The third-order valence-electron chi connectivity index (χ3n) is 4.32. The molecule has 3 heteroatoms. The van der Waals surface area contributed by atoms with E-state index >= 15 is 0 Å². The molecule has 3 nitrogen and oxygen atoms in total. The van der Waals surface area contributed by atoms with Crippen molar-refractivity contribution in [3.05, 3.63) is 72.0 Å². The minimum Gasteiger partial charge on any atom is -0.462 e. The number of unbranched alkanes of at least 4 members (excludes halogenated alkanes) is 1. The fourth-order valence-corrected chi connectivity index (χ4v) is 3.08. The van der Waals surface area contributed by atoms with Crippen LogP contribution >= 0.6 is 0 Å². The van der Waals surface area contributed by atoms with Crippen molar-refractivity contribution >= 4 is 5.97 Å². The molecule has 0 amide bonds. The number of benzene rings is 2. The van der Waals surface area contributed by atoms with Gasteiger partial charge in [0.25, 0.3) is 0 Å². The topological polar surface area (TPSA) is 39.4 Å².